The summed E-state index contributed by atoms with van der Waals surface area (Å²) in [6, 6.07) is 5.58. The van der Waals surface area contributed by atoms with Gasteiger partial charge in [-0.3, -0.25) is 9.59 Å². The van der Waals surface area contributed by atoms with Gasteiger partial charge in [-0.05, 0) is 49.9 Å². The quantitative estimate of drug-likeness (QED) is 0.873. The second kappa shape index (κ2) is 7.64. The van der Waals surface area contributed by atoms with E-state index in [0.717, 1.165) is 32.4 Å². The fourth-order valence-corrected chi connectivity index (χ4v) is 4.35. The SMILES string of the molecule is O=C(C1CCCN1C(=O)c1csc(Nc2ccc(F)cc2)n1)N1CCCC1. The third-order valence-electron chi connectivity index (χ3n) is 5.04. The monoisotopic (exact) mass is 388 g/mol. The normalized spacial score (nSPS) is 19.5. The molecule has 0 radical (unpaired) electrons. The number of carbonyl (C=O) groups is 2. The van der Waals surface area contributed by atoms with Gasteiger partial charge in [0.15, 0.2) is 5.13 Å². The first kappa shape index (κ1) is 17.9. The average Bonchev–Trinajstić information content (AvgIpc) is 3.43. The van der Waals surface area contributed by atoms with Gasteiger partial charge < -0.3 is 15.1 Å². The summed E-state index contributed by atoms with van der Waals surface area (Å²) >= 11 is 1.31. The molecule has 8 heteroatoms. The molecule has 6 nitrogen and oxygen atoms in total. The van der Waals surface area contributed by atoms with Crippen LogP contribution in [0.15, 0.2) is 29.6 Å². The van der Waals surface area contributed by atoms with E-state index in [-0.39, 0.29) is 23.7 Å². The van der Waals surface area contributed by atoms with Crippen molar-refractivity contribution in [3.8, 4) is 0 Å². The molecule has 27 heavy (non-hydrogen) atoms. The summed E-state index contributed by atoms with van der Waals surface area (Å²) in [5.74, 6) is -0.440. The summed E-state index contributed by atoms with van der Waals surface area (Å²) in [6.07, 6.45) is 3.63. The van der Waals surface area contributed by atoms with Gasteiger partial charge in [0, 0.05) is 30.7 Å². The maximum absolute atomic E-state index is 13.0. The number of aromatic nitrogens is 1. The first-order valence-corrected chi connectivity index (χ1v) is 10.1. The minimum Gasteiger partial charge on any atom is -0.341 e. The van der Waals surface area contributed by atoms with E-state index in [1.807, 2.05) is 4.90 Å². The molecule has 2 aliphatic rings. The second-order valence-corrected chi connectivity index (χ2v) is 7.72. The van der Waals surface area contributed by atoms with Crippen LogP contribution in [0, 0.1) is 5.82 Å². The van der Waals surface area contributed by atoms with Crippen LogP contribution in [0.2, 0.25) is 0 Å². The Balaban J connectivity index is 1.45. The molecule has 1 unspecified atom stereocenters. The third-order valence-corrected chi connectivity index (χ3v) is 5.79. The van der Waals surface area contributed by atoms with Crippen LogP contribution in [0.1, 0.15) is 36.2 Å². The molecule has 3 heterocycles. The number of rotatable bonds is 4. The average molecular weight is 388 g/mol. The van der Waals surface area contributed by atoms with Gasteiger partial charge in [-0.15, -0.1) is 11.3 Å². The number of benzene rings is 1. The van der Waals surface area contributed by atoms with Gasteiger partial charge in [-0.2, -0.15) is 0 Å². The van der Waals surface area contributed by atoms with Crippen molar-refractivity contribution in [3.05, 3.63) is 41.2 Å². The van der Waals surface area contributed by atoms with Crippen LogP contribution in [-0.4, -0.2) is 52.3 Å². The molecule has 142 valence electrons. The van der Waals surface area contributed by atoms with Crippen LogP contribution < -0.4 is 5.32 Å². The summed E-state index contributed by atoms with van der Waals surface area (Å²) < 4.78 is 13.0. The van der Waals surface area contributed by atoms with Crippen LogP contribution in [0.3, 0.4) is 0 Å². The zero-order valence-corrected chi connectivity index (χ0v) is 15.7. The fourth-order valence-electron chi connectivity index (χ4n) is 3.65. The molecule has 2 amide bonds. The molecule has 2 saturated heterocycles. The number of amides is 2. The lowest BCUT2D eigenvalue weighted by molar-refractivity contribution is -0.134. The minimum atomic E-state index is -0.370. The van der Waals surface area contributed by atoms with Gasteiger partial charge >= 0.3 is 0 Å². The Labute approximate surface area is 161 Å². The summed E-state index contributed by atoms with van der Waals surface area (Å²) in [4.78, 5) is 33.5. The molecule has 1 N–H and O–H groups in total. The molecular formula is C19H21FN4O2S. The van der Waals surface area contributed by atoms with Gasteiger partial charge in [0.25, 0.3) is 5.91 Å². The van der Waals surface area contributed by atoms with Gasteiger partial charge in [0.2, 0.25) is 5.91 Å². The largest absolute Gasteiger partial charge is 0.341 e. The van der Waals surface area contributed by atoms with Crippen LogP contribution in [0.4, 0.5) is 15.2 Å². The predicted molar refractivity (Wildman–Crippen MR) is 102 cm³/mol. The highest BCUT2D eigenvalue weighted by Gasteiger charge is 2.38. The summed E-state index contributed by atoms with van der Waals surface area (Å²) in [7, 11) is 0. The molecule has 2 aromatic rings. The lowest BCUT2D eigenvalue weighted by Gasteiger charge is -2.27. The van der Waals surface area contributed by atoms with E-state index in [4.69, 9.17) is 0 Å². The van der Waals surface area contributed by atoms with Gasteiger partial charge in [-0.25, -0.2) is 9.37 Å². The Hall–Kier alpha value is -2.48. The Bertz CT molecular complexity index is 832. The molecule has 0 aliphatic carbocycles. The fraction of sp³-hybridized carbons (Fsp3) is 0.421. The first-order valence-electron chi connectivity index (χ1n) is 9.20. The van der Waals surface area contributed by atoms with E-state index in [1.54, 1.807) is 22.4 Å². The molecule has 4 rings (SSSR count). The standard InChI is InChI=1S/C19H21FN4O2S/c20-13-5-7-14(8-6-13)21-19-22-15(12-27-19)17(25)24-11-3-4-16(24)18(26)23-9-1-2-10-23/h5-8,12,16H,1-4,9-11H2,(H,21,22). The van der Waals surface area contributed by atoms with E-state index in [0.29, 0.717) is 29.5 Å². The summed E-state index contributed by atoms with van der Waals surface area (Å²) in [5, 5.41) is 5.33. The molecule has 1 aromatic heterocycles. The van der Waals surface area contributed by atoms with Crippen molar-refractivity contribution >= 4 is 34.0 Å². The smallest absolute Gasteiger partial charge is 0.274 e. The van der Waals surface area contributed by atoms with Crippen molar-refractivity contribution in [1.29, 1.82) is 0 Å². The van der Waals surface area contributed by atoms with E-state index >= 15 is 0 Å². The molecular weight excluding hydrogens is 367 g/mol. The van der Waals surface area contributed by atoms with Crippen LogP contribution in [-0.2, 0) is 4.79 Å². The van der Waals surface area contributed by atoms with Crippen molar-refractivity contribution in [2.75, 3.05) is 25.0 Å². The molecule has 1 aromatic carbocycles. The zero-order chi connectivity index (χ0) is 18.8. The van der Waals surface area contributed by atoms with Gasteiger partial charge in [0.1, 0.15) is 17.6 Å². The lowest BCUT2D eigenvalue weighted by atomic mass is 10.2. The summed E-state index contributed by atoms with van der Waals surface area (Å²) in [5.41, 5.74) is 1.04. The Morgan fingerprint density at radius 3 is 2.59 bits per heavy atom. The highest BCUT2D eigenvalue weighted by atomic mass is 32.1. The van der Waals surface area contributed by atoms with Gasteiger partial charge in [0.05, 0.1) is 0 Å². The highest BCUT2D eigenvalue weighted by molar-refractivity contribution is 7.14. The number of hydrogen-bond donors (Lipinski definition) is 1. The Morgan fingerprint density at radius 1 is 1.11 bits per heavy atom. The molecule has 2 aliphatic heterocycles. The maximum Gasteiger partial charge on any atom is 0.274 e. The molecule has 2 fully saturated rings. The van der Waals surface area contributed by atoms with E-state index in [1.165, 1.54) is 23.5 Å². The first-order chi connectivity index (χ1) is 13.1. The van der Waals surface area contributed by atoms with Crippen molar-refractivity contribution < 1.29 is 14.0 Å². The number of nitrogens with one attached hydrogen (secondary N) is 1. The van der Waals surface area contributed by atoms with Crippen molar-refractivity contribution in [2.45, 2.75) is 31.7 Å². The maximum atomic E-state index is 13.0. The van der Waals surface area contributed by atoms with E-state index < -0.39 is 0 Å². The highest BCUT2D eigenvalue weighted by Crippen LogP contribution is 2.26. The number of thiazole rings is 1. The number of hydrogen-bond acceptors (Lipinski definition) is 5. The Kier molecular flexibility index (Phi) is 5.07. The topological polar surface area (TPSA) is 65.5 Å². The number of halogens is 1. The number of nitrogens with zero attached hydrogens (tertiary/aromatic N) is 3. The number of anilines is 2. The molecule has 0 saturated carbocycles. The minimum absolute atomic E-state index is 0.0678. The van der Waals surface area contributed by atoms with Gasteiger partial charge in [-0.1, -0.05) is 0 Å². The predicted octanol–water partition coefficient (Wildman–Crippen LogP) is 3.25. The van der Waals surface area contributed by atoms with Crippen molar-refractivity contribution in [1.82, 2.24) is 14.8 Å². The van der Waals surface area contributed by atoms with Crippen LogP contribution in [0.5, 0.6) is 0 Å². The molecule has 0 bridgehead atoms. The molecule has 1 atom stereocenters. The second-order valence-electron chi connectivity index (χ2n) is 6.86. The van der Waals surface area contributed by atoms with Crippen LogP contribution in [0.25, 0.3) is 0 Å². The number of carbonyl (C=O) groups excluding carboxylic acids is 2. The third kappa shape index (κ3) is 3.80. The van der Waals surface area contributed by atoms with Crippen LogP contribution >= 0.6 is 11.3 Å². The number of likely N-dealkylation sites (tertiary alicyclic amines) is 2. The lowest BCUT2D eigenvalue weighted by Crippen LogP contribution is -2.47. The zero-order valence-electron chi connectivity index (χ0n) is 14.9. The Morgan fingerprint density at radius 2 is 1.85 bits per heavy atom. The van der Waals surface area contributed by atoms with E-state index in [2.05, 4.69) is 10.3 Å². The van der Waals surface area contributed by atoms with E-state index in [9.17, 15) is 14.0 Å². The van der Waals surface area contributed by atoms with Crippen molar-refractivity contribution in [2.24, 2.45) is 0 Å². The van der Waals surface area contributed by atoms with Crippen molar-refractivity contribution in [3.63, 3.8) is 0 Å². The molecule has 0 spiro atoms. The summed E-state index contributed by atoms with van der Waals surface area (Å²) in [6.45, 7) is 2.17.